The highest BCUT2D eigenvalue weighted by Crippen LogP contribution is 2.20. The zero-order valence-corrected chi connectivity index (χ0v) is 13.6. The summed E-state index contributed by atoms with van der Waals surface area (Å²) in [5.41, 5.74) is -0.0964. The normalized spacial score (nSPS) is 20.8. The molecule has 118 valence electrons. The second-order valence-electron chi connectivity index (χ2n) is 6.81. The summed E-state index contributed by atoms with van der Waals surface area (Å²) in [6, 6.07) is 0. The molecule has 0 aromatic rings. The summed E-state index contributed by atoms with van der Waals surface area (Å²) in [7, 11) is 1.63. The van der Waals surface area contributed by atoms with Crippen LogP contribution in [0.5, 0.6) is 0 Å². The van der Waals surface area contributed by atoms with Crippen LogP contribution in [0.1, 0.15) is 34.1 Å². The molecule has 1 N–H and O–H groups in total. The van der Waals surface area contributed by atoms with Gasteiger partial charge in [-0.25, -0.2) is 0 Å². The summed E-state index contributed by atoms with van der Waals surface area (Å²) in [6.07, 6.45) is 0.0858. The smallest absolute Gasteiger partial charge is 0.225 e. The molecule has 1 aliphatic heterocycles. The molecule has 0 spiro atoms. The van der Waals surface area contributed by atoms with Crippen molar-refractivity contribution < 1.29 is 14.6 Å². The number of carbonyl (C=O) groups excluding carboxylic acids is 1. The monoisotopic (exact) mass is 286 g/mol. The van der Waals surface area contributed by atoms with Crippen molar-refractivity contribution in [1.29, 1.82) is 0 Å². The number of carbonyl (C=O) groups is 1. The average Bonchev–Trinajstić information content (AvgIpc) is 2.38. The van der Waals surface area contributed by atoms with E-state index in [1.54, 1.807) is 7.11 Å². The van der Waals surface area contributed by atoms with Crippen molar-refractivity contribution in [3.05, 3.63) is 0 Å². The van der Waals surface area contributed by atoms with Gasteiger partial charge in [0.05, 0.1) is 18.6 Å². The molecule has 20 heavy (non-hydrogen) atoms. The number of ether oxygens (including phenoxy) is 1. The number of piperazine rings is 1. The van der Waals surface area contributed by atoms with Crippen LogP contribution in [0.4, 0.5) is 0 Å². The van der Waals surface area contributed by atoms with Gasteiger partial charge in [-0.15, -0.1) is 0 Å². The molecule has 1 rings (SSSR count). The number of aliphatic hydroxyl groups excluding tert-OH is 1. The van der Waals surface area contributed by atoms with Gasteiger partial charge >= 0.3 is 0 Å². The number of hydrogen-bond acceptors (Lipinski definition) is 4. The molecule has 0 aromatic heterocycles. The SMILES string of the molecule is CO[C@@H](C)CC(=O)N1CCN(C[C@@H](O)C(C)(C)C)CC1. The fourth-order valence-electron chi connectivity index (χ4n) is 2.16. The van der Waals surface area contributed by atoms with E-state index in [2.05, 4.69) is 4.90 Å². The summed E-state index contributed by atoms with van der Waals surface area (Å²) in [6.45, 7) is 11.9. The first-order valence-corrected chi connectivity index (χ1v) is 7.45. The van der Waals surface area contributed by atoms with Crippen molar-refractivity contribution in [2.45, 2.75) is 46.3 Å². The lowest BCUT2D eigenvalue weighted by Crippen LogP contribution is -2.52. The minimum Gasteiger partial charge on any atom is -0.391 e. The predicted octanol–water partition coefficient (Wildman–Crippen LogP) is 0.963. The first-order valence-electron chi connectivity index (χ1n) is 7.45. The molecule has 1 amide bonds. The van der Waals surface area contributed by atoms with Gasteiger partial charge in [-0.05, 0) is 12.3 Å². The Morgan fingerprint density at radius 1 is 1.25 bits per heavy atom. The predicted molar refractivity (Wildman–Crippen MR) is 79.6 cm³/mol. The Hall–Kier alpha value is -0.650. The average molecular weight is 286 g/mol. The molecule has 1 saturated heterocycles. The highest BCUT2D eigenvalue weighted by molar-refractivity contribution is 5.76. The van der Waals surface area contributed by atoms with Gasteiger partial charge in [0.25, 0.3) is 0 Å². The molecule has 0 bridgehead atoms. The Morgan fingerprint density at radius 2 is 1.80 bits per heavy atom. The summed E-state index contributed by atoms with van der Waals surface area (Å²) in [5, 5.41) is 10.1. The van der Waals surface area contributed by atoms with Crippen LogP contribution in [0.15, 0.2) is 0 Å². The van der Waals surface area contributed by atoms with E-state index in [0.29, 0.717) is 13.0 Å². The third-order valence-corrected chi connectivity index (χ3v) is 4.02. The lowest BCUT2D eigenvalue weighted by atomic mass is 9.89. The maximum Gasteiger partial charge on any atom is 0.225 e. The van der Waals surface area contributed by atoms with Crippen LogP contribution < -0.4 is 0 Å². The molecule has 0 aromatic carbocycles. The number of rotatable bonds is 5. The number of nitrogens with zero attached hydrogens (tertiary/aromatic N) is 2. The topological polar surface area (TPSA) is 53.0 Å². The summed E-state index contributed by atoms with van der Waals surface area (Å²) >= 11 is 0. The van der Waals surface area contributed by atoms with Crippen molar-refractivity contribution in [3.63, 3.8) is 0 Å². The van der Waals surface area contributed by atoms with E-state index in [1.807, 2.05) is 32.6 Å². The van der Waals surface area contributed by atoms with Gasteiger partial charge in [-0.1, -0.05) is 20.8 Å². The molecule has 0 radical (unpaired) electrons. The van der Waals surface area contributed by atoms with Gasteiger partial charge in [0.1, 0.15) is 0 Å². The van der Waals surface area contributed by atoms with Crippen LogP contribution in [-0.4, -0.2) is 72.9 Å². The second-order valence-corrected chi connectivity index (χ2v) is 6.81. The van der Waals surface area contributed by atoms with E-state index in [0.717, 1.165) is 26.2 Å². The van der Waals surface area contributed by atoms with Crippen molar-refractivity contribution in [1.82, 2.24) is 9.80 Å². The molecular weight excluding hydrogens is 256 g/mol. The quantitative estimate of drug-likeness (QED) is 0.818. The third kappa shape index (κ3) is 5.38. The van der Waals surface area contributed by atoms with E-state index in [1.165, 1.54) is 0 Å². The standard InChI is InChI=1S/C15H30N2O3/c1-12(20-5)10-14(19)17-8-6-16(7-9-17)11-13(18)15(2,3)4/h12-13,18H,6-11H2,1-5H3/t12-,13+/m0/s1. The van der Waals surface area contributed by atoms with E-state index in [4.69, 9.17) is 4.74 Å². The zero-order chi connectivity index (χ0) is 15.3. The molecule has 0 saturated carbocycles. The van der Waals surface area contributed by atoms with E-state index < -0.39 is 0 Å². The number of β-amino-alcohol motifs (C(OH)–C–C–N with tert-alkyl or cyclic N) is 1. The summed E-state index contributed by atoms with van der Waals surface area (Å²) in [4.78, 5) is 16.2. The van der Waals surface area contributed by atoms with Crippen LogP contribution in [-0.2, 0) is 9.53 Å². The first-order chi connectivity index (χ1) is 9.24. The Bertz CT molecular complexity index is 307. The van der Waals surface area contributed by atoms with Crippen LogP contribution >= 0.6 is 0 Å². The largest absolute Gasteiger partial charge is 0.391 e. The third-order valence-electron chi connectivity index (χ3n) is 4.02. The number of hydrogen-bond donors (Lipinski definition) is 1. The number of aliphatic hydroxyl groups is 1. The first kappa shape index (κ1) is 17.4. The molecule has 1 heterocycles. The fraction of sp³-hybridized carbons (Fsp3) is 0.933. The van der Waals surface area contributed by atoms with Crippen molar-refractivity contribution in [2.24, 2.45) is 5.41 Å². The van der Waals surface area contributed by atoms with Crippen LogP contribution in [0.3, 0.4) is 0 Å². The highest BCUT2D eigenvalue weighted by atomic mass is 16.5. The Morgan fingerprint density at radius 3 is 2.25 bits per heavy atom. The molecule has 5 heteroatoms. The molecule has 2 atom stereocenters. The maximum atomic E-state index is 12.0. The van der Waals surface area contributed by atoms with Gasteiger partial charge in [0.15, 0.2) is 0 Å². The molecule has 0 unspecified atom stereocenters. The second kappa shape index (κ2) is 7.38. The molecule has 1 fully saturated rings. The van der Waals surface area contributed by atoms with Crippen LogP contribution in [0.2, 0.25) is 0 Å². The van der Waals surface area contributed by atoms with Crippen molar-refractivity contribution in [2.75, 3.05) is 39.8 Å². The maximum absolute atomic E-state index is 12.0. The minimum absolute atomic E-state index is 0.0248. The van der Waals surface area contributed by atoms with E-state index in [9.17, 15) is 9.90 Å². The Labute approximate surface area is 122 Å². The van der Waals surface area contributed by atoms with Gasteiger partial charge in [0.2, 0.25) is 5.91 Å². The molecule has 1 aliphatic rings. The van der Waals surface area contributed by atoms with Crippen LogP contribution in [0, 0.1) is 5.41 Å². The van der Waals surface area contributed by atoms with Crippen molar-refractivity contribution >= 4 is 5.91 Å². The molecular formula is C15H30N2O3. The van der Waals surface area contributed by atoms with Gasteiger partial charge in [-0.2, -0.15) is 0 Å². The Balaban J connectivity index is 2.35. The lowest BCUT2D eigenvalue weighted by molar-refractivity contribution is -0.135. The van der Waals surface area contributed by atoms with Gasteiger partial charge < -0.3 is 14.7 Å². The molecule has 5 nitrogen and oxygen atoms in total. The van der Waals surface area contributed by atoms with Crippen molar-refractivity contribution in [3.8, 4) is 0 Å². The molecule has 0 aliphatic carbocycles. The number of methoxy groups -OCH3 is 1. The van der Waals surface area contributed by atoms with Crippen LogP contribution in [0.25, 0.3) is 0 Å². The summed E-state index contributed by atoms with van der Waals surface area (Å²) < 4.78 is 5.13. The summed E-state index contributed by atoms with van der Waals surface area (Å²) in [5.74, 6) is 0.162. The van der Waals surface area contributed by atoms with Gasteiger partial charge in [0, 0.05) is 39.8 Å². The zero-order valence-electron chi connectivity index (χ0n) is 13.6. The van der Waals surface area contributed by atoms with E-state index in [-0.39, 0.29) is 23.5 Å². The number of amides is 1. The highest BCUT2D eigenvalue weighted by Gasteiger charge is 2.27. The van der Waals surface area contributed by atoms with E-state index >= 15 is 0 Å². The fourth-order valence-corrected chi connectivity index (χ4v) is 2.16. The lowest BCUT2D eigenvalue weighted by Gasteiger charge is -2.38. The Kier molecular flexibility index (Phi) is 6.43. The minimum atomic E-state index is -0.335. The van der Waals surface area contributed by atoms with Gasteiger partial charge in [-0.3, -0.25) is 9.69 Å².